The van der Waals surface area contributed by atoms with Crippen LogP contribution in [0.15, 0.2) is 30.3 Å². The van der Waals surface area contributed by atoms with Gasteiger partial charge in [-0.05, 0) is 18.6 Å². The quantitative estimate of drug-likeness (QED) is 0.791. The fraction of sp³-hybridized carbons (Fsp3) is 0.286. The average molecular weight is 241 g/mol. The predicted octanol–water partition coefficient (Wildman–Crippen LogP) is 1.30. The van der Waals surface area contributed by atoms with E-state index in [9.17, 15) is 4.79 Å². The molecule has 1 saturated heterocycles. The van der Waals surface area contributed by atoms with Gasteiger partial charge in [-0.2, -0.15) is 0 Å². The van der Waals surface area contributed by atoms with E-state index in [4.69, 9.17) is 0 Å². The number of para-hydroxylation sites is 1. The standard InChI is InChI=1S/C14H15N3O/c1-9-3-2-4-10-5-6-11(17-12(9)10)13-14(18)16-8-7-15-13/h2-6,13,15H,7-8H2,1H3,(H,16,18). The van der Waals surface area contributed by atoms with Crippen LogP contribution in [0.4, 0.5) is 0 Å². The Balaban J connectivity index is 2.07. The highest BCUT2D eigenvalue weighted by molar-refractivity contribution is 5.86. The monoisotopic (exact) mass is 241 g/mol. The molecule has 0 bridgehead atoms. The minimum Gasteiger partial charge on any atom is -0.353 e. The van der Waals surface area contributed by atoms with Gasteiger partial charge in [0, 0.05) is 18.5 Å². The number of amides is 1. The molecule has 3 rings (SSSR count). The minimum absolute atomic E-state index is 0.00156. The van der Waals surface area contributed by atoms with Crippen molar-refractivity contribution in [2.45, 2.75) is 13.0 Å². The Morgan fingerprint density at radius 1 is 1.22 bits per heavy atom. The number of carbonyl (C=O) groups excluding carboxylic acids is 1. The first kappa shape index (κ1) is 11.2. The Morgan fingerprint density at radius 3 is 2.94 bits per heavy atom. The van der Waals surface area contributed by atoms with E-state index in [0.717, 1.165) is 28.7 Å². The Bertz CT molecular complexity index is 609. The molecule has 1 aliphatic rings. The van der Waals surface area contributed by atoms with E-state index in [2.05, 4.69) is 15.6 Å². The zero-order valence-corrected chi connectivity index (χ0v) is 10.2. The van der Waals surface area contributed by atoms with Gasteiger partial charge in [0.15, 0.2) is 0 Å². The van der Waals surface area contributed by atoms with Crippen LogP contribution < -0.4 is 10.6 Å². The van der Waals surface area contributed by atoms with Crippen molar-refractivity contribution in [1.29, 1.82) is 0 Å². The summed E-state index contributed by atoms with van der Waals surface area (Å²) < 4.78 is 0. The van der Waals surface area contributed by atoms with Crippen LogP contribution in [0.1, 0.15) is 17.3 Å². The van der Waals surface area contributed by atoms with Crippen LogP contribution in [0.25, 0.3) is 10.9 Å². The van der Waals surface area contributed by atoms with Crippen LogP contribution in [0.5, 0.6) is 0 Å². The minimum atomic E-state index is -0.331. The third kappa shape index (κ3) is 1.84. The van der Waals surface area contributed by atoms with Gasteiger partial charge in [0.1, 0.15) is 6.04 Å². The van der Waals surface area contributed by atoms with Crippen molar-refractivity contribution in [1.82, 2.24) is 15.6 Å². The number of hydrogen-bond donors (Lipinski definition) is 2. The predicted molar refractivity (Wildman–Crippen MR) is 70.2 cm³/mol. The summed E-state index contributed by atoms with van der Waals surface area (Å²) in [5, 5.41) is 7.15. The van der Waals surface area contributed by atoms with Crippen molar-refractivity contribution in [3.63, 3.8) is 0 Å². The summed E-state index contributed by atoms with van der Waals surface area (Å²) in [7, 11) is 0. The van der Waals surface area contributed by atoms with E-state index in [0.29, 0.717) is 6.54 Å². The number of benzene rings is 1. The first-order valence-electron chi connectivity index (χ1n) is 6.13. The lowest BCUT2D eigenvalue weighted by atomic mass is 10.1. The van der Waals surface area contributed by atoms with Gasteiger partial charge in [-0.3, -0.25) is 15.1 Å². The van der Waals surface area contributed by atoms with Crippen LogP contribution in [-0.4, -0.2) is 24.0 Å². The van der Waals surface area contributed by atoms with E-state index in [-0.39, 0.29) is 11.9 Å². The number of fused-ring (bicyclic) bond motifs is 1. The SMILES string of the molecule is Cc1cccc2ccc(C3NCCNC3=O)nc12. The molecule has 18 heavy (non-hydrogen) atoms. The average Bonchev–Trinajstić information content (AvgIpc) is 2.40. The second kappa shape index (κ2) is 4.38. The van der Waals surface area contributed by atoms with Gasteiger partial charge in [-0.25, -0.2) is 0 Å². The number of carbonyl (C=O) groups is 1. The highest BCUT2D eigenvalue weighted by Gasteiger charge is 2.24. The number of aryl methyl sites for hydroxylation is 1. The second-order valence-electron chi connectivity index (χ2n) is 4.56. The number of aromatic nitrogens is 1. The van der Waals surface area contributed by atoms with E-state index >= 15 is 0 Å². The largest absolute Gasteiger partial charge is 0.353 e. The maximum absolute atomic E-state index is 11.8. The molecule has 92 valence electrons. The number of pyridine rings is 1. The van der Waals surface area contributed by atoms with Crippen molar-refractivity contribution in [3.8, 4) is 0 Å². The van der Waals surface area contributed by atoms with Gasteiger partial charge in [-0.1, -0.05) is 24.3 Å². The fourth-order valence-electron chi connectivity index (χ4n) is 2.31. The molecule has 0 spiro atoms. The topological polar surface area (TPSA) is 54.0 Å². The summed E-state index contributed by atoms with van der Waals surface area (Å²) in [5.74, 6) is 0.00156. The number of piperazine rings is 1. The van der Waals surface area contributed by atoms with Crippen LogP contribution >= 0.6 is 0 Å². The summed E-state index contributed by atoms with van der Waals surface area (Å²) in [5.41, 5.74) is 2.88. The van der Waals surface area contributed by atoms with Gasteiger partial charge < -0.3 is 5.32 Å². The molecule has 1 fully saturated rings. The van der Waals surface area contributed by atoms with E-state index in [1.807, 2.05) is 37.3 Å². The second-order valence-corrected chi connectivity index (χ2v) is 4.56. The van der Waals surface area contributed by atoms with Gasteiger partial charge in [0.05, 0.1) is 11.2 Å². The number of rotatable bonds is 1. The van der Waals surface area contributed by atoms with Crippen LogP contribution in [-0.2, 0) is 4.79 Å². The summed E-state index contributed by atoms with van der Waals surface area (Å²) in [4.78, 5) is 16.4. The maximum Gasteiger partial charge on any atom is 0.243 e. The van der Waals surface area contributed by atoms with Crippen LogP contribution in [0.2, 0.25) is 0 Å². The third-order valence-corrected chi connectivity index (χ3v) is 3.27. The molecule has 1 amide bonds. The van der Waals surface area contributed by atoms with Gasteiger partial charge in [0.2, 0.25) is 5.91 Å². The van der Waals surface area contributed by atoms with Gasteiger partial charge >= 0.3 is 0 Å². The number of nitrogens with one attached hydrogen (secondary N) is 2. The third-order valence-electron chi connectivity index (χ3n) is 3.27. The first-order valence-corrected chi connectivity index (χ1v) is 6.13. The van der Waals surface area contributed by atoms with E-state index < -0.39 is 0 Å². The van der Waals surface area contributed by atoms with E-state index in [1.165, 1.54) is 0 Å². The van der Waals surface area contributed by atoms with Crippen molar-refractivity contribution in [2.75, 3.05) is 13.1 Å². The van der Waals surface area contributed by atoms with Crippen molar-refractivity contribution >= 4 is 16.8 Å². The van der Waals surface area contributed by atoms with Crippen LogP contribution in [0.3, 0.4) is 0 Å². The summed E-state index contributed by atoms with van der Waals surface area (Å²) >= 11 is 0. The highest BCUT2D eigenvalue weighted by atomic mass is 16.2. The summed E-state index contributed by atoms with van der Waals surface area (Å²) in [6.45, 7) is 3.50. The normalized spacial score (nSPS) is 19.8. The molecule has 1 aromatic carbocycles. The Kier molecular flexibility index (Phi) is 2.72. The number of hydrogen-bond acceptors (Lipinski definition) is 3. The lowest BCUT2D eigenvalue weighted by Crippen LogP contribution is -2.47. The molecule has 0 radical (unpaired) electrons. The van der Waals surface area contributed by atoms with E-state index in [1.54, 1.807) is 0 Å². The number of nitrogens with zero attached hydrogens (tertiary/aromatic N) is 1. The zero-order valence-electron chi connectivity index (χ0n) is 10.2. The lowest BCUT2D eigenvalue weighted by molar-refractivity contribution is -0.124. The molecule has 4 nitrogen and oxygen atoms in total. The molecule has 0 saturated carbocycles. The molecule has 1 atom stereocenters. The van der Waals surface area contributed by atoms with Gasteiger partial charge in [-0.15, -0.1) is 0 Å². The maximum atomic E-state index is 11.8. The first-order chi connectivity index (χ1) is 8.75. The van der Waals surface area contributed by atoms with Gasteiger partial charge in [0.25, 0.3) is 0 Å². The fourth-order valence-corrected chi connectivity index (χ4v) is 2.31. The molecular formula is C14H15N3O. The molecule has 1 unspecified atom stereocenters. The van der Waals surface area contributed by atoms with Crippen LogP contribution in [0, 0.1) is 6.92 Å². The zero-order chi connectivity index (χ0) is 12.5. The smallest absolute Gasteiger partial charge is 0.243 e. The molecule has 1 aromatic heterocycles. The Morgan fingerprint density at radius 2 is 2.11 bits per heavy atom. The summed E-state index contributed by atoms with van der Waals surface area (Å²) in [6.07, 6.45) is 0. The molecule has 1 aliphatic heterocycles. The molecule has 2 heterocycles. The highest BCUT2D eigenvalue weighted by Crippen LogP contribution is 2.20. The summed E-state index contributed by atoms with van der Waals surface area (Å²) in [6, 6.07) is 9.70. The molecule has 2 aromatic rings. The molecule has 4 heteroatoms. The Labute approximate surface area is 105 Å². The van der Waals surface area contributed by atoms with Crippen molar-refractivity contribution in [3.05, 3.63) is 41.6 Å². The van der Waals surface area contributed by atoms with Crippen molar-refractivity contribution < 1.29 is 4.79 Å². The molecule has 2 N–H and O–H groups in total. The lowest BCUT2D eigenvalue weighted by Gasteiger charge is -2.23. The molecule has 0 aliphatic carbocycles. The Hall–Kier alpha value is -1.94. The van der Waals surface area contributed by atoms with Crippen molar-refractivity contribution in [2.24, 2.45) is 0 Å². The molecular weight excluding hydrogens is 226 g/mol.